The lowest BCUT2D eigenvalue weighted by atomic mass is 10.4. The van der Waals surface area contributed by atoms with Gasteiger partial charge in [0.05, 0.1) is 13.2 Å². The summed E-state index contributed by atoms with van der Waals surface area (Å²) >= 11 is 0. The third-order valence-corrected chi connectivity index (χ3v) is 0.673. The van der Waals surface area contributed by atoms with Crippen LogP contribution in [0.25, 0.3) is 0 Å². The summed E-state index contributed by atoms with van der Waals surface area (Å²) in [4.78, 5) is 9.66. The zero-order valence-corrected chi connectivity index (χ0v) is 4.67. The Kier molecular flexibility index (Phi) is 3.70. The molecular formula is C4H8FNO3. The van der Waals surface area contributed by atoms with E-state index in [2.05, 4.69) is 0 Å². The third-order valence-electron chi connectivity index (χ3n) is 0.673. The molecule has 0 aromatic heterocycles. The largest absolute Gasteiger partial charge is 0.465 e. The van der Waals surface area contributed by atoms with E-state index < -0.39 is 18.9 Å². The average Bonchev–Trinajstić information content (AvgIpc) is 1.83. The van der Waals surface area contributed by atoms with Crippen molar-refractivity contribution in [1.29, 1.82) is 0 Å². The maximum Gasteiger partial charge on any atom is 0.404 e. The van der Waals surface area contributed by atoms with Crippen LogP contribution in [0, 0.1) is 0 Å². The molecule has 0 aliphatic heterocycles. The molecule has 0 radical (unpaired) electrons. The van der Waals surface area contributed by atoms with Crippen LogP contribution in [0.2, 0.25) is 0 Å². The quantitative estimate of drug-likeness (QED) is 0.495. The maximum atomic E-state index is 11.9. The summed E-state index contributed by atoms with van der Waals surface area (Å²) in [5, 5.41) is 17.7. The zero-order valence-electron chi connectivity index (χ0n) is 4.67. The molecule has 0 aliphatic carbocycles. The molecule has 0 heterocycles. The molecule has 0 rings (SSSR count). The van der Waals surface area contributed by atoms with Gasteiger partial charge in [0.2, 0.25) is 0 Å². The van der Waals surface area contributed by atoms with Gasteiger partial charge < -0.3 is 15.5 Å². The second-order valence-electron chi connectivity index (χ2n) is 1.47. The summed E-state index contributed by atoms with van der Waals surface area (Å²) in [6, 6.07) is 0. The van der Waals surface area contributed by atoms with Gasteiger partial charge in [0.15, 0.2) is 0 Å². The van der Waals surface area contributed by atoms with Crippen LogP contribution in [0.3, 0.4) is 0 Å². The first-order valence-electron chi connectivity index (χ1n) is 2.38. The number of hydrogen-bond acceptors (Lipinski definition) is 2. The van der Waals surface area contributed by atoms with E-state index in [0.29, 0.717) is 0 Å². The first kappa shape index (κ1) is 8.16. The molecule has 0 saturated carbocycles. The predicted octanol–water partition coefficient (Wildman–Crippen LogP) is -0.416. The Labute approximate surface area is 51.3 Å². The highest BCUT2D eigenvalue weighted by molar-refractivity contribution is 5.64. The Balaban J connectivity index is 3.16. The minimum Gasteiger partial charge on any atom is -0.465 e. The van der Waals surface area contributed by atoms with Gasteiger partial charge in [0.25, 0.3) is 0 Å². The van der Waals surface area contributed by atoms with Crippen molar-refractivity contribution in [3.8, 4) is 0 Å². The monoisotopic (exact) mass is 137 g/mol. The molecule has 0 aromatic rings. The minimum absolute atomic E-state index is 0.355. The molecular weight excluding hydrogens is 129 g/mol. The van der Waals surface area contributed by atoms with E-state index in [0.717, 1.165) is 0 Å². The van der Waals surface area contributed by atoms with Gasteiger partial charge in [0.1, 0.15) is 6.17 Å². The number of amides is 1. The van der Waals surface area contributed by atoms with Gasteiger partial charge >= 0.3 is 6.09 Å². The fourth-order valence-corrected chi connectivity index (χ4v) is 0.263. The number of carbonyl (C=O) groups is 1. The van der Waals surface area contributed by atoms with Crippen LogP contribution in [-0.4, -0.2) is 35.6 Å². The van der Waals surface area contributed by atoms with E-state index in [1.54, 1.807) is 5.32 Å². The summed E-state index contributed by atoms with van der Waals surface area (Å²) in [6.07, 6.45) is -2.78. The number of hydrogen-bond donors (Lipinski definition) is 3. The molecule has 4 nitrogen and oxygen atoms in total. The molecule has 5 heteroatoms. The molecule has 0 fully saturated rings. The maximum absolute atomic E-state index is 11.9. The lowest BCUT2D eigenvalue weighted by Gasteiger charge is -2.01. The number of halogens is 1. The van der Waals surface area contributed by atoms with Gasteiger partial charge in [-0.1, -0.05) is 0 Å². The molecule has 0 spiro atoms. The smallest absolute Gasteiger partial charge is 0.404 e. The minimum atomic E-state index is -1.50. The van der Waals surface area contributed by atoms with Gasteiger partial charge in [-0.2, -0.15) is 0 Å². The van der Waals surface area contributed by atoms with Crippen molar-refractivity contribution < 1.29 is 19.4 Å². The van der Waals surface area contributed by atoms with Crippen molar-refractivity contribution in [2.24, 2.45) is 0 Å². The first-order chi connectivity index (χ1) is 4.16. The molecule has 3 N–H and O–H groups in total. The summed E-state index contributed by atoms with van der Waals surface area (Å²) in [5.74, 6) is 0. The number of aliphatic hydroxyl groups excluding tert-OH is 1. The Morgan fingerprint density at radius 2 is 2.33 bits per heavy atom. The molecule has 0 saturated heterocycles. The van der Waals surface area contributed by atoms with Crippen LogP contribution in [-0.2, 0) is 0 Å². The molecule has 1 amide bonds. The summed E-state index contributed by atoms with van der Waals surface area (Å²) in [6.45, 7) is -1.01. The van der Waals surface area contributed by atoms with Gasteiger partial charge in [-0.15, -0.1) is 0 Å². The van der Waals surface area contributed by atoms with Gasteiger partial charge in [0, 0.05) is 0 Å². The van der Waals surface area contributed by atoms with E-state index >= 15 is 0 Å². The number of rotatable bonds is 3. The first-order valence-corrected chi connectivity index (χ1v) is 2.38. The fourth-order valence-electron chi connectivity index (χ4n) is 0.263. The second kappa shape index (κ2) is 4.08. The Bertz CT molecular complexity index is 97.8. The standard InChI is InChI=1S/C4H8FNO3/c5-3(2-7)1-6-4(8)9/h3,6-7H,1-2H2,(H,8,9)/t3-/m1/s1. The molecule has 0 aromatic carbocycles. The Morgan fingerprint density at radius 3 is 2.67 bits per heavy atom. The number of aliphatic hydroxyl groups is 1. The molecule has 1 atom stereocenters. The number of nitrogens with one attached hydrogen (secondary N) is 1. The Hall–Kier alpha value is -0.840. The van der Waals surface area contributed by atoms with Crippen molar-refractivity contribution in [2.75, 3.05) is 13.2 Å². The fraction of sp³-hybridized carbons (Fsp3) is 0.750. The summed E-state index contributed by atoms with van der Waals surface area (Å²) in [5.41, 5.74) is 0. The van der Waals surface area contributed by atoms with Gasteiger partial charge in [-0.05, 0) is 0 Å². The third kappa shape index (κ3) is 5.02. The summed E-state index contributed by atoms with van der Waals surface area (Å²) < 4.78 is 11.9. The van der Waals surface area contributed by atoms with Crippen LogP contribution in [0.1, 0.15) is 0 Å². The molecule has 0 aliphatic rings. The van der Waals surface area contributed by atoms with Crippen molar-refractivity contribution in [3.63, 3.8) is 0 Å². The molecule has 54 valence electrons. The SMILES string of the molecule is O=C(O)NC[C@@H](F)CO. The van der Waals surface area contributed by atoms with Crippen LogP contribution in [0.15, 0.2) is 0 Å². The van der Waals surface area contributed by atoms with Crippen molar-refractivity contribution in [2.45, 2.75) is 6.17 Å². The van der Waals surface area contributed by atoms with Gasteiger partial charge in [-0.25, -0.2) is 9.18 Å². The molecule has 9 heavy (non-hydrogen) atoms. The molecule has 0 unspecified atom stereocenters. The lowest BCUT2D eigenvalue weighted by molar-refractivity contribution is 0.163. The van der Waals surface area contributed by atoms with E-state index in [9.17, 15) is 9.18 Å². The van der Waals surface area contributed by atoms with Gasteiger partial charge in [-0.3, -0.25) is 0 Å². The zero-order chi connectivity index (χ0) is 7.28. The Morgan fingerprint density at radius 1 is 1.78 bits per heavy atom. The van der Waals surface area contributed by atoms with Crippen molar-refractivity contribution in [3.05, 3.63) is 0 Å². The second-order valence-corrected chi connectivity index (χ2v) is 1.47. The van der Waals surface area contributed by atoms with E-state index in [1.807, 2.05) is 0 Å². The highest BCUT2D eigenvalue weighted by atomic mass is 19.1. The summed E-state index contributed by atoms with van der Waals surface area (Å²) in [7, 11) is 0. The van der Waals surface area contributed by atoms with Crippen LogP contribution < -0.4 is 5.32 Å². The van der Waals surface area contributed by atoms with Crippen LogP contribution >= 0.6 is 0 Å². The van der Waals surface area contributed by atoms with E-state index in [-0.39, 0.29) is 6.54 Å². The predicted molar refractivity (Wildman–Crippen MR) is 28.0 cm³/mol. The number of carboxylic acid groups (broad SMARTS) is 1. The normalized spacial score (nSPS) is 12.7. The van der Waals surface area contributed by atoms with Crippen LogP contribution in [0.4, 0.5) is 9.18 Å². The van der Waals surface area contributed by atoms with Crippen molar-refractivity contribution in [1.82, 2.24) is 5.32 Å². The van der Waals surface area contributed by atoms with E-state index in [4.69, 9.17) is 10.2 Å². The average molecular weight is 137 g/mol. The highest BCUT2D eigenvalue weighted by Crippen LogP contribution is 1.83. The van der Waals surface area contributed by atoms with Crippen LogP contribution in [0.5, 0.6) is 0 Å². The topological polar surface area (TPSA) is 69.6 Å². The number of alkyl halides is 1. The lowest BCUT2D eigenvalue weighted by Crippen LogP contribution is -2.30. The molecule has 0 bridgehead atoms. The van der Waals surface area contributed by atoms with Crippen molar-refractivity contribution >= 4 is 6.09 Å². The van der Waals surface area contributed by atoms with E-state index in [1.165, 1.54) is 0 Å². The highest BCUT2D eigenvalue weighted by Gasteiger charge is 2.04.